The summed E-state index contributed by atoms with van der Waals surface area (Å²) in [5, 5.41) is 1.65. The van der Waals surface area contributed by atoms with E-state index in [0.29, 0.717) is 4.90 Å². The predicted molar refractivity (Wildman–Crippen MR) is 93.1 cm³/mol. The minimum absolute atomic E-state index is 0.212. The van der Waals surface area contributed by atoms with Crippen LogP contribution in [0.5, 0.6) is 0 Å². The summed E-state index contributed by atoms with van der Waals surface area (Å²) in [6.07, 6.45) is 0. The quantitative estimate of drug-likeness (QED) is 0.436. The zero-order chi connectivity index (χ0) is 18.2. The molecule has 2 aromatic carbocycles. The summed E-state index contributed by atoms with van der Waals surface area (Å²) in [5.74, 6) is 0.425. The lowest BCUT2D eigenvalue weighted by Gasteiger charge is -2.24. The monoisotopic (exact) mass is 381 g/mol. The lowest BCUT2D eigenvalue weighted by Crippen LogP contribution is -2.25. The Balaban J connectivity index is 2.86. The van der Waals surface area contributed by atoms with Crippen LogP contribution in [0, 0.1) is 6.92 Å². The summed E-state index contributed by atoms with van der Waals surface area (Å²) in [4.78, 5) is 0.569. The van der Waals surface area contributed by atoms with Crippen LogP contribution in [0.4, 0.5) is 13.2 Å². The molecule has 0 spiro atoms. The van der Waals surface area contributed by atoms with Gasteiger partial charge in [-0.15, -0.1) is 7.49 Å². The van der Waals surface area contributed by atoms with E-state index in [0.717, 1.165) is 16.3 Å². The van der Waals surface area contributed by atoms with Crippen molar-refractivity contribution < 1.29 is 25.2 Å². The Bertz CT molecular complexity index is 864. The Hall–Kier alpha value is -1.25. The van der Waals surface area contributed by atoms with Crippen LogP contribution in [0.25, 0.3) is 10.8 Å². The average Bonchev–Trinajstić information content (AvgIpc) is 2.52. The number of hydrogen-bond donors (Lipinski definition) is 1. The molecular weight excluding hydrogens is 361 g/mol. The van der Waals surface area contributed by atoms with Crippen molar-refractivity contribution in [1.82, 2.24) is 0 Å². The number of benzene rings is 2. The molecule has 0 radical (unpaired) electrons. The van der Waals surface area contributed by atoms with E-state index in [4.69, 9.17) is 3.29 Å². The number of rotatable bonds is 4. The molecule has 0 heterocycles. The Morgan fingerprint density at radius 1 is 1.04 bits per heavy atom. The van der Waals surface area contributed by atoms with E-state index in [1.165, 1.54) is 0 Å². The van der Waals surface area contributed by atoms with Crippen molar-refractivity contribution in [1.29, 1.82) is 0 Å². The van der Waals surface area contributed by atoms with Crippen LogP contribution in [-0.2, 0) is 13.4 Å². The fourth-order valence-electron chi connectivity index (χ4n) is 2.61. The van der Waals surface area contributed by atoms with Crippen LogP contribution in [0.15, 0.2) is 41.3 Å². The topological polar surface area (TPSA) is 48.6 Å². The van der Waals surface area contributed by atoms with Crippen molar-refractivity contribution in [2.24, 2.45) is 0 Å². The summed E-state index contributed by atoms with van der Waals surface area (Å²) < 4.78 is 64.8. The molecular formula is C16H20F3O3S2+. The SMILES string of the molecule is CCS(CC)([O+]=S(=O)(O)C(F)(F)F)c1ccc(C)c2ccccc12. The highest BCUT2D eigenvalue weighted by Crippen LogP contribution is 2.57. The van der Waals surface area contributed by atoms with E-state index >= 15 is 0 Å². The van der Waals surface area contributed by atoms with Gasteiger partial charge in [0.05, 0.1) is 16.4 Å². The van der Waals surface area contributed by atoms with Gasteiger partial charge >= 0.3 is 15.6 Å². The third kappa shape index (κ3) is 3.27. The molecule has 3 nitrogen and oxygen atoms in total. The zero-order valence-electron chi connectivity index (χ0n) is 13.6. The van der Waals surface area contributed by atoms with Crippen molar-refractivity contribution in [3.8, 4) is 0 Å². The van der Waals surface area contributed by atoms with Gasteiger partial charge in [0, 0.05) is 5.39 Å². The maximum absolute atomic E-state index is 12.9. The minimum Gasteiger partial charge on any atom is -0.238 e. The van der Waals surface area contributed by atoms with E-state index in [1.807, 2.05) is 19.1 Å². The molecule has 0 amide bonds. The fourth-order valence-corrected chi connectivity index (χ4v) is 7.32. The highest BCUT2D eigenvalue weighted by molar-refractivity contribution is 8.30. The summed E-state index contributed by atoms with van der Waals surface area (Å²) in [7, 11) is -8.00. The molecule has 0 aliphatic heterocycles. The van der Waals surface area contributed by atoms with Crippen LogP contribution in [0.1, 0.15) is 19.4 Å². The molecule has 1 N–H and O–H groups in total. The lowest BCUT2D eigenvalue weighted by atomic mass is 10.1. The largest absolute Gasteiger partial charge is 0.576 e. The van der Waals surface area contributed by atoms with Crippen LogP contribution in [0.3, 0.4) is 0 Å². The molecule has 0 aliphatic carbocycles. The molecule has 1 atom stereocenters. The number of fused-ring (bicyclic) bond motifs is 1. The summed E-state index contributed by atoms with van der Waals surface area (Å²) in [6.45, 7) is 5.27. The molecule has 2 aromatic rings. The summed E-state index contributed by atoms with van der Waals surface area (Å²) in [5.41, 5.74) is -4.34. The standard InChI is InChI=1S/C16H19F3O3S2/c1-4-23(5-2,22-24(20,21)16(17,18)19)15-11-10-12(3)13-8-6-7-9-14(13)15/h6-11H,4-5H2,1-3H3/p+1. The molecule has 0 aliphatic rings. The van der Waals surface area contributed by atoms with Crippen molar-refractivity contribution in [2.75, 3.05) is 11.5 Å². The Morgan fingerprint density at radius 2 is 1.58 bits per heavy atom. The van der Waals surface area contributed by atoms with Gasteiger partial charge in [0.2, 0.25) is 0 Å². The second kappa shape index (κ2) is 6.57. The van der Waals surface area contributed by atoms with E-state index in [-0.39, 0.29) is 11.5 Å². The van der Waals surface area contributed by atoms with Gasteiger partial charge in [-0.25, -0.2) is 4.55 Å². The highest BCUT2D eigenvalue weighted by atomic mass is 32.3. The Labute approximate surface area is 141 Å². The first kappa shape index (κ1) is 19.1. The molecule has 24 heavy (non-hydrogen) atoms. The maximum Gasteiger partial charge on any atom is 0.576 e. The first-order valence-corrected chi connectivity index (χ1v) is 10.7. The average molecular weight is 381 g/mol. The third-order valence-electron chi connectivity index (χ3n) is 3.95. The summed E-state index contributed by atoms with van der Waals surface area (Å²) >= 11 is 0. The molecule has 0 bridgehead atoms. The maximum atomic E-state index is 12.9. The second-order valence-electron chi connectivity index (χ2n) is 5.30. The first-order valence-electron chi connectivity index (χ1n) is 7.39. The van der Waals surface area contributed by atoms with Gasteiger partial charge in [-0.2, -0.15) is 13.2 Å². The highest BCUT2D eigenvalue weighted by Gasteiger charge is 2.56. The van der Waals surface area contributed by atoms with Gasteiger partial charge in [0.25, 0.3) is 0 Å². The smallest absolute Gasteiger partial charge is 0.238 e. The molecule has 134 valence electrons. The minimum atomic E-state index is -5.42. The molecule has 0 saturated heterocycles. The van der Waals surface area contributed by atoms with Gasteiger partial charge in [-0.3, -0.25) is 0 Å². The van der Waals surface area contributed by atoms with Crippen molar-refractivity contribution in [3.05, 3.63) is 42.0 Å². The number of halogens is 3. The van der Waals surface area contributed by atoms with Gasteiger partial charge in [0.15, 0.2) is 0 Å². The van der Waals surface area contributed by atoms with Gasteiger partial charge in [-0.05, 0) is 37.8 Å². The third-order valence-corrected chi connectivity index (χ3v) is 9.34. The molecule has 0 aromatic heterocycles. The normalized spacial score (nSPS) is 16.0. The second-order valence-corrected chi connectivity index (χ2v) is 10.5. The van der Waals surface area contributed by atoms with E-state index < -0.39 is 25.9 Å². The van der Waals surface area contributed by atoms with Gasteiger partial charge in [-0.1, -0.05) is 30.3 Å². The van der Waals surface area contributed by atoms with Crippen molar-refractivity contribution >= 4 is 31.2 Å². The van der Waals surface area contributed by atoms with Gasteiger partial charge < -0.3 is 0 Å². The fraction of sp³-hybridized carbons (Fsp3) is 0.375. The Kier molecular flexibility index (Phi) is 5.22. The van der Waals surface area contributed by atoms with E-state index in [1.54, 1.807) is 38.1 Å². The van der Waals surface area contributed by atoms with E-state index in [2.05, 4.69) is 0 Å². The van der Waals surface area contributed by atoms with Crippen LogP contribution in [-0.4, -0.2) is 25.8 Å². The summed E-state index contributed by atoms with van der Waals surface area (Å²) in [6, 6.07) is 10.8. The number of aryl methyl sites for hydroxylation is 1. The predicted octanol–water partition coefficient (Wildman–Crippen LogP) is 5.42. The first-order chi connectivity index (χ1) is 11.1. The van der Waals surface area contributed by atoms with Crippen molar-refractivity contribution in [3.63, 3.8) is 0 Å². The van der Waals surface area contributed by atoms with E-state index in [9.17, 15) is 21.9 Å². The van der Waals surface area contributed by atoms with Crippen LogP contribution in [0.2, 0.25) is 0 Å². The van der Waals surface area contributed by atoms with Gasteiger partial charge in [0.1, 0.15) is 10.3 Å². The number of alkyl halides is 3. The molecule has 8 heteroatoms. The van der Waals surface area contributed by atoms with Crippen LogP contribution >= 0.6 is 10.3 Å². The molecule has 2 rings (SSSR count). The van der Waals surface area contributed by atoms with Crippen LogP contribution < -0.4 is 0 Å². The lowest BCUT2D eigenvalue weighted by molar-refractivity contribution is -0.0541. The molecule has 0 fully saturated rings. The number of hydrogen-bond acceptors (Lipinski definition) is 1. The van der Waals surface area contributed by atoms with Crippen molar-refractivity contribution in [2.45, 2.75) is 31.2 Å². The zero-order valence-corrected chi connectivity index (χ0v) is 15.2. The molecule has 1 unspecified atom stereocenters. The molecule has 0 saturated carbocycles. The Morgan fingerprint density at radius 3 is 2.08 bits per heavy atom.